The number of hydrogen-bond acceptors (Lipinski definition) is 6. The molecule has 7 nitrogen and oxygen atoms in total. The topological polar surface area (TPSA) is 110 Å². The second-order valence-corrected chi connectivity index (χ2v) is 11.7. The number of carbonyl (C=O) groups is 2. The van der Waals surface area contributed by atoms with Gasteiger partial charge in [-0.15, -0.1) is 0 Å². The molecule has 0 spiro atoms. The number of ether oxygens (including phenoxy) is 1. The van der Waals surface area contributed by atoms with Crippen molar-refractivity contribution in [1.82, 2.24) is 4.72 Å². The molecule has 2 N–H and O–H groups in total. The SMILES string of the molecule is C/C(=C/CSC[C@H](N[35S](C)(=O)=O)C(=O)O)CC/C=C(/C)COCc1cccc(C(=O)c2ccccc2)c1. The van der Waals surface area contributed by atoms with Crippen LogP contribution in [0.2, 0.25) is 0 Å². The van der Waals surface area contributed by atoms with Gasteiger partial charge >= 0.3 is 5.97 Å². The second kappa shape index (κ2) is 15.5. The molecule has 0 aliphatic rings. The van der Waals surface area contributed by atoms with Crippen LogP contribution in [0.15, 0.2) is 77.9 Å². The van der Waals surface area contributed by atoms with Gasteiger partial charge in [0, 0.05) is 22.6 Å². The molecule has 0 aliphatic heterocycles. The summed E-state index contributed by atoms with van der Waals surface area (Å²) in [5, 5.41) is 9.13. The van der Waals surface area contributed by atoms with E-state index in [4.69, 9.17) is 9.84 Å². The van der Waals surface area contributed by atoms with Crippen molar-refractivity contribution >= 4 is 33.5 Å². The summed E-state index contributed by atoms with van der Waals surface area (Å²) in [5.41, 5.74) is 4.55. The number of benzene rings is 2. The average Bonchev–Trinajstić information content (AvgIpc) is 2.85. The number of sulfonamides is 1. The molecule has 1 atom stereocenters. The van der Waals surface area contributed by atoms with E-state index in [1.165, 1.54) is 17.3 Å². The maximum atomic E-state index is 12.6. The van der Waals surface area contributed by atoms with Gasteiger partial charge < -0.3 is 9.84 Å². The summed E-state index contributed by atoms with van der Waals surface area (Å²) in [5.74, 6) is -0.424. The lowest BCUT2D eigenvalue weighted by atomic mass is 10.0. The van der Waals surface area contributed by atoms with Gasteiger partial charge in [-0.3, -0.25) is 9.59 Å². The summed E-state index contributed by atoms with van der Waals surface area (Å²) in [7, 11) is -3.57. The molecule has 0 fully saturated rings. The number of carbonyl (C=O) groups excluding carboxylic acids is 1. The lowest BCUT2D eigenvalue weighted by molar-refractivity contribution is -0.138. The Bertz CT molecular complexity index is 1210. The first-order valence-corrected chi connectivity index (χ1v) is 15.0. The number of carboxylic acids is 1. The van der Waals surface area contributed by atoms with E-state index in [9.17, 15) is 18.0 Å². The monoisotopic (exact) mass is 548 g/mol. The molecular weight excluding hydrogens is 513 g/mol. The Kier molecular flexibility index (Phi) is 12.8. The highest BCUT2D eigenvalue weighted by atomic mass is 35.1. The number of thioether (sulfide) groups is 1. The lowest BCUT2D eigenvalue weighted by Crippen LogP contribution is -2.42. The van der Waals surface area contributed by atoms with Crippen LogP contribution in [0.4, 0.5) is 0 Å². The van der Waals surface area contributed by atoms with Crippen molar-refractivity contribution in [1.29, 1.82) is 0 Å². The van der Waals surface area contributed by atoms with Crippen LogP contribution in [-0.4, -0.2) is 55.7 Å². The molecule has 2 rings (SSSR count). The molecule has 0 aliphatic carbocycles. The number of allylic oxidation sites excluding steroid dienone is 2. The molecule has 2 aromatic rings. The number of hydrogen-bond donors (Lipinski definition) is 2. The largest absolute Gasteiger partial charge is 0.480 e. The zero-order chi connectivity index (χ0) is 27.3. The van der Waals surface area contributed by atoms with Crippen LogP contribution in [-0.2, 0) is 26.2 Å². The molecule has 0 radical (unpaired) electrons. The third-order valence-electron chi connectivity index (χ3n) is 5.34. The van der Waals surface area contributed by atoms with Gasteiger partial charge in [-0.1, -0.05) is 71.8 Å². The molecule has 0 amide bonds. The van der Waals surface area contributed by atoms with E-state index >= 15 is 0 Å². The van der Waals surface area contributed by atoms with Crippen molar-refractivity contribution in [2.45, 2.75) is 39.3 Å². The number of nitrogens with one attached hydrogen (secondary N) is 1. The Morgan fingerprint density at radius 1 is 1.03 bits per heavy atom. The molecule has 0 aromatic heterocycles. The Balaban J connectivity index is 1.71. The summed E-state index contributed by atoms with van der Waals surface area (Å²) in [6, 6.07) is 15.6. The molecule has 0 saturated heterocycles. The summed E-state index contributed by atoms with van der Waals surface area (Å²) in [6.07, 6.45) is 6.84. The van der Waals surface area contributed by atoms with E-state index in [1.54, 1.807) is 0 Å². The maximum absolute atomic E-state index is 12.6. The van der Waals surface area contributed by atoms with Crippen molar-refractivity contribution in [2.75, 3.05) is 24.4 Å². The summed E-state index contributed by atoms with van der Waals surface area (Å²) in [6.45, 7) is 4.96. The average molecular weight is 549 g/mol. The minimum absolute atomic E-state index is 0.00683. The Hall–Kier alpha value is -2.72. The molecule has 9 heteroatoms. The standard InChI is InChI=1S/C28H35NO6S2/c1-21(15-16-36-20-26(28(31)32)29-37(3,33)34)9-7-10-22(2)18-35-19-23-11-8-14-25(17-23)27(30)24-12-5-4-6-13-24/h4-6,8,10-15,17,26,29H,7,9,16,18-20H2,1-3H3,(H,31,32)/b21-15-,22-10-/t26-/m0/s1/i37+3. The van der Waals surface area contributed by atoms with Crippen LogP contribution in [0.1, 0.15) is 48.2 Å². The smallest absolute Gasteiger partial charge is 0.322 e. The van der Waals surface area contributed by atoms with E-state index in [0.29, 0.717) is 30.1 Å². The first-order valence-electron chi connectivity index (χ1n) is 11.9. The highest BCUT2D eigenvalue weighted by molar-refractivity contribution is 7.99. The van der Waals surface area contributed by atoms with Gasteiger partial charge in [0.2, 0.25) is 10.0 Å². The Labute approximate surface area is 224 Å². The highest BCUT2D eigenvalue weighted by Gasteiger charge is 2.20. The van der Waals surface area contributed by atoms with Crippen LogP contribution >= 0.6 is 11.8 Å². The number of rotatable bonds is 16. The van der Waals surface area contributed by atoms with Crippen molar-refractivity contribution < 1.29 is 27.9 Å². The Morgan fingerprint density at radius 2 is 1.73 bits per heavy atom. The van der Waals surface area contributed by atoms with Gasteiger partial charge in [0.1, 0.15) is 6.04 Å². The predicted molar refractivity (Wildman–Crippen MR) is 149 cm³/mol. The fourth-order valence-electron chi connectivity index (χ4n) is 3.40. The Morgan fingerprint density at radius 3 is 2.41 bits per heavy atom. The van der Waals surface area contributed by atoms with Gasteiger partial charge in [-0.05, 0) is 38.3 Å². The second-order valence-electron chi connectivity index (χ2n) is 8.85. The molecule has 0 unspecified atom stereocenters. The van der Waals surface area contributed by atoms with Crippen LogP contribution in [0.5, 0.6) is 0 Å². The maximum Gasteiger partial charge on any atom is 0.322 e. The van der Waals surface area contributed by atoms with E-state index in [2.05, 4.69) is 10.8 Å². The lowest BCUT2D eigenvalue weighted by Gasteiger charge is -2.11. The third-order valence-corrected chi connectivity index (χ3v) is 7.03. The molecule has 0 bridgehead atoms. The van der Waals surface area contributed by atoms with Crippen molar-refractivity contribution in [3.63, 3.8) is 0 Å². The van der Waals surface area contributed by atoms with Gasteiger partial charge in [0.05, 0.1) is 19.5 Å². The molecule has 2 aromatic carbocycles. The third kappa shape index (κ3) is 12.4. The van der Waals surface area contributed by atoms with Crippen molar-refractivity contribution in [2.24, 2.45) is 0 Å². The first kappa shape index (κ1) is 30.5. The van der Waals surface area contributed by atoms with Crippen LogP contribution in [0, 0.1) is 0 Å². The first-order chi connectivity index (χ1) is 17.5. The normalized spacial score (nSPS) is 13.4. The minimum atomic E-state index is -3.57. The van der Waals surface area contributed by atoms with Gasteiger partial charge in [0.15, 0.2) is 5.78 Å². The van der Waals surface area contributed by atoms with Gasteiger partial charge in [-0.2, -0.15) is 11.8 Å². The fourth-order valence-corrected chi connectivity index (χ4v) is 5.20. The molecule has 0 saturated carbocycles. The number of carboxylic acid groups (broad SMARTS) is 1. The fraction of sp³-hybridized carbons (Fsp3) is 0.357. The number of ketones is 1. The van der Waals surface area contributed by atoms with E-state index in [-0.39, 0.29) is 11.5 Å². The molecule has 0 heterocycles. The number of aliphatic carboxylic acids is 1. The van der Waals surface area contributed by atoms with Crippen LogP contribution in [0.3, 0.4) is 0 Å². The summed E-state index contributed by atoms with van der Waals surface area (Å²) < 4.78 is 30.5. The zero-order valence-electron chi connectivity index (χ0n) is 21.5. The quantitative estimate of drug-likeness (QED) is 0.175. The zero-order valence-corrected chi connectivity index (χ0v) is 23.1. The van der Waals surface area contributed by atoms with Crippen molar-refractivity contribution in [3.05, 3.63) is 94.6 Å². The summed E-state index contributed by atoms with van der Waals surface area (Å²) >= 11 is 1.37. The van der Waals surface area contributed by atoms with E-state index in [0.717, 1.165) is 30.2 Å². The predicted octanol–water partition coefficient (Wildman–Crippen LogP) is 4.84. The van der Waals surface area contributed by atoms with E-state index < -0.39 is 22.0 Å². The highest BCUT2D eigenvalue weighted by Crippen LogP contribution is 2.14. The molecule has 37 heavy (non-hydrogen) atoms. The van der Waals surface area contributed by atoms with Crippen LogP contribution in [0.25, 0.3) is 0 Å². The van der Waals surface area contributed by atoms with Crippen LogP contribution < -0.4 is 4.72 Å². The van der Waals surface area contributed by atoms with Gasteiger partial charge in [0.25, 0.3) is 0 Å². The minimum Gasteiger partial charge on any atom is -0.480 e. The van der Waals surface area contributed by atoms with Gasteiger partial charge in [-0.25, -0.2) is 13.1 Å². The van der Waals surface area contributed by atoms with E-state index in [1.807, 2.05) is 74.5 Å². The van der Waals surface area contributed by atoms with Crippen molar-refractivity contribution in [3.8, 4) is 0 Å². The molecule has 200 valence electrons. The molecular formula is C28H35NO6S2. The summed E-state index contributed by atoms with van der Waals surface area (Å²) in [4.78, 5) is 23.8.